The Morgan fingerprint density at radius 3 is 2.76 bits per heavy atom. The molecule has 2 aromatic carbocycles. The third-order valence-electron chi connectivity index (χ3n) is 6.78. The van der Waals surface area contributed by atoms with Gasteiger partial charge in [-0.3, -0.25) is 9.78 Å². The number of nitrogens with one attached hydrogen (secondary N) is 2. The minimum absolute atomic E-state index is 0.284. The highest BCUT2D eigenvalue weighted by atomic mass is 16.5. The van der Waals surface area contributed by atoms with E-state index in [0.29, 0.717) is 29.1 Å². The minimum Gasteiger partial charge on any atom is -0.494 e. The van der Waals surface area contributed by atoms with Gasteiger partial charge in [0.15, 0.2) is 0 Å². The quantitative estimate of drug-likeness (QED) is 0.330. The summed E-state index contributed by atoms with van der Waals surface area (Å²) >= 11 is 0. The smallest absolute Gasteiger partial charge is 0.247 e. The number of ether oxygens (including phenoxy) is 1. The van der Waals surface area contributed by atoms with E-state index < -0.39 is 0 Å². The summed E-state index contributed by atoms with van der Waals surface area (Å²) in [6.07, 6.45) is 5.81. The van der Waals surface area contributed by atoms with Gasteiger partial charge in [0.25, 0.3) is 0 Å². The predicted octanol–water partition coefficient (Wildman–Crippen LogP) is 4.71. The molecule has 0 saturated carbocycles. The summed E-state index contributed by atoms with van der Waals surface area (Å²) in [6, 6.07) is 16.1. The van der Waals surface area contributed by atoms with Crippen molar-refractivity contribution in [2.45, 2.75) is 12.5 Å². The molecule has 0 aliphatic carbocycles. The molecule has 3 heterocycles. The first-order chi connectivity index (χ1) is 18.4. The second kappa shape index (κ2) is 10.9. The van der Waals surface area contributed by atoms with Crippen molar-refractivity contribution in [2.75, 3.05) is 49.8 Å². The lowest BCUT2D eigenvalue weighted by molar-refractivity contribution is -0.111. The molecule has 1 amide bonds. The lowest BCUT2D eigenvalue weighted by Gasteiger charge is -2.25. The average Bonchev–Trinajstić information content (AvgIpc) is 3.44. The summed E-state index contributed by atoms with van der Waals surface area (Å²) in [7, 11) is 5.80. The second-order valence-corrected chi connectivity index (χ2v) is 9.42. The number of hydrogen-bond donors (Lipinski definition) is 2. The van der Waals surface area contributed by atoms with Crippen molar-refractivity contribution >= 4 is 39.8 Å². The zero-order chi connectivity index (χ0) is 26.6. The number of amides is 1. The number of hydrogen-bond acceptors (Lipinski definition) is 8. The number of para-hydroxylation sites is 1. The number of methoxy groups -OCH3 is 1. The summed E-state index contributed by atoms with van der Waals surface area (Å²) < 4.78 is 5.74. The number of rotatable bonds is 8. The number of benzene rings is 2. The van der Waals surface area contributed by atoms with Gasteiger partial charge in [-0.1, -0.05) is 24.8 Å². The standard InChI is InChI=1S/C29H31N7O2/c1-5-28(37)32-24-15-25(27(38-4)16-26(24)36-13-11-21(18-36)35(2)3)34-29-30-12-10-23(33-29)20-14-19-8-6-7-9-22(19)31-17-20/h5-10,12,14-17,21H,1,11,13,18H2,2-4H3,(H,32,37)(H,30,33,34). The fraction of sp³-hybridized carbons (Fsp3) is 0.241. The fourth-order valence-corrected chi connectivity index (χ4v) is 4.67. The molecule has 2 N–H and O–H groups in total. The SMILES string of the molecule is C=CC(=O)Nc1cc(Nc2nccc(-c3cnc4ccccc4c3)n2)c(OC)cc1N1CCC(N(C)C)C1. The van der Waals surface area contributed by atoms with Gasteiger partial charge in [0.05, 0.1) is 35.4 Å². The van der Waals surface area contributed by atoms with E-state index >= 15 is 0 Å². The van der Waals surface area contributed by atoms with Crippen LogP contribution in [0.3, 0.4) is 0 Å². The highest BCUT2D eigenvalue weighted by Gasteiger charge is 2.27. The number of fused-ring (bicyclic) bond motifs is 1. The molecule has 9 nitrogen and oxygen atoms in total. The maximum atomic E-state index is 12.3. The molecule has 1 fully saturated rings. The molecule has 1 saturated heterocycles. The van der Waals surface area contributed by atoms with E-state index in [-0.39, 0.29) is 5.91 Å². The summed E-state index contributed by atoms with van der Waals surface area (Å²) in [5.74, 6) is 0.732. The van der Waals surface area contributed by atoms with Crippen LogP contribution in [0.5, 0.6) is 5.75 Å². The lowest BCUT2D eigenvalue weighted by atomic mass is 10.1. The normalized spacial score (nSPS) is 15.1. The summed E-state index contributed by atoms with van der Waals surface area (Å²) in [6.45, 7) is 5.33. The summed E-state index contributed by atoms with van der Waals surface area (Å²) in [5.41, 5.74) is 4.74. The van der Waals surface area contributed by atoms with Gasteiger partial charge < -0.3 is 25.2 Å². The van der Waals surface area contributed by atoms with Gasteiger partial charge >= 0.3 is 0 Å². The zero-order valence-electron chi connectivity index (χ0n) is 21.8. The highest BCUT2D eigenvalue weighted by Crippen LogP contribution is 2.39. The van der Waals surface area contributed by atoms with Crippen LogP contribution < -0.4 is 20.3 Å². The first-order valence-electron chi connectivity index (χ1n) is 12.5. The average molecular weight is 510 g/mol. The van der Waals surface area contributed by atoms with E-state index in [4.69, 9.17) is 9.72 Å². The summed E-state index contributed by atoms with van der Waals surface area (Å²) in [4.78, 5) is 30.5. The van der Waals surface area contributed by atoms with E-state index in [1.54, 1.807) is 13.3 Å². The van der Waals surface area contributed by atoms with Crippen LogP contribution in [-0.2, 0) is 4.79 Å². The molecule has 1 unspecified atom stereocenters. The van der Waals surface area contributed by atoms with E-state index in [9.17, 15) is 4.79 Å². The van der Waals surface area contributed by atoms with E-state index in [1.807, 2.05) is 48.7 Å². The van der Waals surface area contributed by atoms with E-state index in [0.717, 1.165) is 47.4 Å². The maximum absolute atomic E-state index is 12.3. The van der Waals surface area contributed by atoms with Crippen molar-refractivity contribution in [1.29, 1.82) is 0 Å². The Bertz CT molecular complexity index is 1490. The number of carbonyl (C=O) groups excluding carboxylic acids is 1. The predicted molar refractivity (Wildman–Crippen MR) is 152 cm³/mol. The Labute approximate surface area is 222 Å². The van der Waals surface area contributed by atoms with Gasteiger partial charge in [-0.05, 0) is 50.9 Å². The van der Waals surface area contributed by atoms with Gasteiger partial charge in [-0.15, -0.1) is 0 Å². The number of anilines is 4. The van der Waals surface area contributed by atoms with Crippen LogP contribution in [0.15, 0.2) is 73.6 Å². The van der Waals surface area contributed by atoms with E-state index in [1.165, 1.54) is 6.08 Å². The Balaban J connectivity index is 1.48. The van der Waals surface area contributed by atoms with Gasteiger partial charge in [0, 0.05) is 48.5 Å². The molecule has 1 atom stereocenters. The van der Waals surface area contributed by atoms with Crippen LogP contribution in [0.1, 0.15) is 6.42 Å². The molecular formula is C29H31N7O2. The summed E-state index contributed by atoms with van der Waals surface area (Å²) in [5, 5.41) is 7.27. The van der Waals surface area contributed by atoms with Crippen molar-refractivity contribution in [1.82, 2.24) is 19.9 Å². The van der Waals surface area contributed by atoms with Crippen molar-refractivity contribution in [3.63, 3.8) is 0 Å². The number of nitrogens with zero attached hydrogens (tertiary/aromatic N) is 5. The van der Waals surface area contributed by atoms with Crippen LogP contribution in [0.2, 0.25) is 0 Å². The maximum Gasteiger partial charge on any atom is 0.247 e. The highest BCUT2D eigenvalue weighted by molar-refractivity contribution is 6.02. The Hall–Kier alpha value is -4.50. The Kier molecular flexibility index (Phi) is 7.19. The molecule has 38 heavy (non-hydrogen) atoms. The van der Waals surface area contributed by atoms with Crippen LogP contribution in [0, 0.1) is 0 Å². The van der Waals surface area contributed by atoms with Crippen LogP contribution in [0.4, 0.5) is 23.0 Å². The lowest BCUT2D eigenvalue weighted by Crippen LogP contribution is -2.31. The molecule has 194 valence electrons. The molecule has 1 aliphatic rings. The van der Waals surface area contributed by atoms with Gasteiger partial charge in [0.2, 0.25) is 11.9 Å². The molecule has 1 aliphatic heterocycles. The molecular weight excluding hydrogens is 478 g/mol. The van der Waals surface area contributed by atoms with Crippen LogP contribution in [0.25, 0.3) is 22.2 Å². The van der Waals surface area contributed by atoms with Crippen LogP contribution in [-0.4, -0.2) is 66.1 Å². The molecule has 2 aromatic heterocycles. The third kappa shape index (κ3) is 5.28. The van der Waals surface area contributed by atoms with Crippen molar-refractivity contribution in [3.8, 4) is 17.0 Å². The number of likely N-dealkylation sites (N-methyl/N-ethyl adjacent to an activating group) is 1. The molecule has 9 heteroatoms. The molecule has 0 spiro atoms. The Morgan fingerprint density at radius 1 is 1.16 bits per heavy atom. The van der Waals surface area contributed by atoms with E-state index in [2.05, 4.69) is 57.1 Å². The van der Waals surface area contributed by atoms with Crippen molar-refractivity contribution in [3.05, 3.63) is 73.6 Å². The van der Waals surface area contributed by atoms with Crippen molar-refractivity contribution < 1.29 is 9.53 Å². The molecule has 5 rings (SSSR count). The minimum atomic E-state index is -0.284. The monoisotopic (exact) mass is 509 g/mol. The topological polar surface area (TPSA) is 95.5 Å². The number of aromatic nitrogens is 3. The largest absolute Gasteiger partial charge is 0.494 e. The zero-order valence-corrected chi connectivity index (χ0v) is 21.8. The third-order valence-corrected chi connectivity index (χ3v) is 6.78. The van der Waals surface area contributed by atoms with Crippen molar-refractivity contribution in [2.24, 2.45) is 0 Å². The first kappa shape index (κ1) is 25.2. The fourth-order valence-electron chi connectivity index (χ4n) is 4.67. The molecule has 0 radical (unpaired) electrons. The number of pyridine rings is 1. The van der Waals surface area contributed by atoms with Gasteiger partial charge in [-0.2, -0.15) is 0 Å². The molecule has 0 bridgehead atoms. The van der Waals surface area contributed by atoms with Gasteiger partial charge in [-0.25, -0.2) is 9.97 Å². The second-order valence-electron chi connectivity index (χ2n) is 9.42. The Morgan fingerprint density at radius 2 is 2.00 bits per heavy atom. The first-order valence-corrected chi connectivity index (χ1v) is 12.5. The van der Waals surface area contributed by atoms with Crippen LogP contribution >= 0.6 is 0 Å². The van der Waals surface area contributed by atoms with Gasteiger partial charge in [0.1, 0.15) is 5.75 Å². The molecule has 4 aromatic rings. The number of carbonyl (C=O) groups is 1.